The highest BCUT2D eigenvalue weighted by Gasteiger charge is 2.03. The van der Waals surface area contributed by atoms with Gasteiger partial charge < -0.3 is 10.2 Å². The molecule has 2 nitrogen and oxygen atoms in total. The molecule has 0 radical (unpaired) electrons. The Morgan fingerprint density at radius 1 is 1.18 bits per heavy atom. The molecule has 1 aliphatic rings. The minimum Gasteiger partial charge on any atom is -0.372 e. The standard InChI is InChI=1S/C9H10N2/c1-2-4-9(5-3-1)11-7-6-10-8-11/h1-7,10H,8H2. The fourth-order valence-corrected chi connectivity index (χ4v) is 1.14. The van der Waals surface area contributed by atoms with Crippen LogP contribution in [-0.2, 0) is 0 Å². The third kappa shape index (κ3) is 1.19. The van der Waals surface area contributed by atoms with Crippen molar-refractivity contribution < 1.29 is 0 Å². The van der Waals surface area contributed by atoms with Crippen LogP contribution < -0.4 is 10.2 Å². The molecule has 0 bridgehead atoms. The van der Waals surface area contributed by atoms with Gasteiger partial charge in [-0.25, -0.2) is 0 Å². The number of nitrogens with one attached hydrogen (secondary N) is 1. The molecule has 2 rings (SSSR count). The molecule has 1 heterocycles. The first-order chi connectivity index (χ1) is 5.47. The van der Waals surface area contributed by atoms with Crippen LogP contribution in [0.5, 0.6) is 0 Å². The van der Waals surface area contributed by atoms with E-state index in [0.29, 0.717) is 0 Å². The maximum atomic E-state index is 3.12. The largest absolute Gasteiger partial charge is 0.372 e. The molecule has 0 atom stereocenters. The molecule has 0 unspecified atom stereocenters. The smallest absolute Gasteiger partial charge is 0.0916 e. The van der Waals surface area contributed by atoms with E-state index in [1.54, 1.807) is 0 Å². The van der Waals surface area contributed by atoms with Crippen molar-refractivity contribution in [3.05, 3.63) is 42.7 Å². The van der Waals surface area contributed by atoms with Gasteiger partial charge in [0.15, 0.2) is 0 Å². The topological polar surface area (TPSA) is 15.3 Å². The van der Waals surface area contributed by atoms with E-state index in [1.807, 2.05) is 30.6 Å². The fraction of sp³-hybridized carbons (Fsp3) is 0.111. The summed E-state index contributed by atoms with van der Waals surface area (Å²) < 4.78 is 0. The molecule has 0 fully saturated rings. The summed E-state index contributed by atoms with van der Waals surface area (Å²) >= 11 is 0. The molecule has 11 heavy (non-hydrogen) atoms. The fourth-order valence-electron chi connectivity index (χ4n) is 1.14. The van der Waals surface area contributed by atoms with Gasteiger partial charge in [-0.1, -0.05) is 18.2 Å². The lowest BCUT2D eigenvalue weighted by atomic mass is 10.3. The number of hydrogen-bond acceptors (Lipinski definition) is 2. The maximum Gasteiger partial charge on any atom is 0.0916 e. The minimum atomic E-state index is 0.879. The van der Waals surface area contributed by atoms with Gasteiger partial charge in [0.1, 0.15) is 0 Å². The van der Waals surface area contributed by atoms with Gasteiger partial charge in [-0.2, -0.15) is 0 Å². The van der Waals surface area contributed by atoms with E-state index >= 15 is 0 Å². The third-order valence-corrected chi connectivity index (χ3v) is 1.72. The highest BCUT2D eigenvalue weighted by molar-refractivity contribution is 5.49. The summed E-state index contributed by atoms with van der Waals surface area (Å²) in [6.45, 7) is 0.879. The zero-order chi connectivity index (χ0) is 7.52. The molecule has 2 heteroatoms. The Balaban J connectivity index is 2.23. The van der Waals surface area contributed by atoms with Gasteiger partial charge in [0, 0.05) is 18.1 Å². The summed E-state index contributed by atoms with van der Waals surface area (Å²) in [5, 5.41) is 3.12. The summed E-state index contributed by atoms with van der Waals surface area (Å²) in [4.78, 5) is 2.15. The molecule has 0 saturated carbocycles. The van der Waals surface area contributed by atoms with E-state index in [-0.39, 0.29) is 0 Å². The van der Waals surface area contributed by atoms with Crippen LogP contribution in [0.2, 0.25) is 0 Å². The van der Waals surface area contributed by atoms with Crippen molar-refractivity contribution in [3.63, 3.8) is 0 Å². The van der Waals surface area contributed by atoms with E-state index in [2.05, 4.69) is 22.3 Å². The van der Waals surface area contributed by atoms with Gasteiger partial charge in [-0.15, -0.1) is 0 Å². The van der Waals surface area contributed by atoms with Crippen molar-refractivity contribution >= 4 is 5.69 Å². The van der Waals surface area contributed by atoms with Crippen LogP contribution in [0.3, 0.4) is 0 Å². The van der Waals surface area contributed by atoms with Crippen LogP contribution >= 0.6 is 0 Å². The minimum absolute atomic E-state index is 0.879. The molecule has 1 aromatic carbocycles. The van der Waals surface area contributed by atoms with Gasteiger partial charge in [-0.3, -0.25) is 0 Å². The van der Waals surface area contributed by atoms with Crippen LogP contribution in [-0.4, -0.2) is 6.67 Å². The van der Waals surface area contributed by atoms with Crippen LogP contribution in [0.25, 0.3) is 0 Å². The van der Waals surface area contributed by atoms with E-state index in [9.17, 15) is 0 Å². The monoisotopic (exact) mass is 146 g/mol. The quantitative estimate of drug-likeness (QED) is 0.646. The number of nitrogens with zero attached hydrogens (tertiary/aromatic N) is 1. The van der Waals surface area contributed by atoms with Crippen molar-refractivity contribution in [1.82, 2.24) is 5.32 Å². The first kappa shape index (κ1) is 6.28. The molecular weight excluding hydrogens is 136 g/mol. The molecule has 56 valence electrons. The van der Waals surface area contributed by atoms with Crippen LogP contribution in [0, 0.1) is 0 Å². The molecule has 0 spiro atoms. The summed E-state index contributed by atoms with van der Waals surface area (Å²) in [5.41, 5.74) is 1.23. The summed E-state index contributed by atoms with van der Waals surface area (Å²) in [5.74, 6) is 0. The molecule has 0 saturated heterocycles. The van der Waals surface area contributed by atoms with Crippen LogP contribution in [0.15, 0.2) is 42.7 Å². The third-order valence-electron chi connectivity index (χ3n) is 1.72. The van der Waals surface area contributed by atoms with Crippen LogP contribution in [0.4, 0.5) is 5.69 Å². The average Bonchev–Trinajstić information content (AvgIpc) is 2.58. The second-order valence-electron chi connectivity index (χ2n) is 2.48. The highest BCUT2D eigenvalue weighted by Crippen LogP contribution is 2.13. The van der Waals surface area contributed by atoms with Gasteiger partial charge in [0.2, 0.25) is 0 Å². The van der Waals surface area contributed by atoms with Gasteiger partial charge in [0.05, 0.1) is 6.67 Å². The number of anilines is 1. The number of benzene rings is 1. The second kappa shape index (κ2) is 2.66. The normalized spacial score (nSPS) is 15.1. The van der Waals surface area contributed by atoms with E-state index in [4.69, 9.17) is 0 Å². The Morgan fingerprint density at radius 3 is 2.64 bits per heavy atom. The van der Waals surface area contributed by atoms with Crippen molar-refractivity contribution in [2.75, 3.05) is 11.6 Å². The summed E-state index contributed by atoms with van der Waals surface area (Å²) in [6, 6.07) is 10.3. The predicted molar refractivity (Wildman–Crippen MR) is 46.1 cm³/mol. The SMILES string of the molecule is C1=CN(c2ccccc2)CN1. The zero-order valence-corrected chi connectivity index (χ0v) is 6.20. The number of rotatable bonds is 1. The zero-order valence-electron chi connectivity index (χ0n) is 6.20. The lowest BCUT2D eigenvalue weighted by molar-refractivity contribution is 0.901. The van der Waals surface area contributed by atoms with E-state index in [0.717, 1.165) is 6.67 Å². The Kier molecular flexibility index (Phi) is 1.52. The summed E-state index contributed by atoms with van der Waals surface area (Å²) in [6.07, 6.45) is 3.99. The Morgan fingerprint density at radius 2 is 2.00 bits per heavy atom. The Bertz CT molecular complexity index is 254. The number of hydrogen-bond donors (Lipinski definition) is 1. The van der Waals surface area contributed by atoms with Crippen molar-refractivity contribution in [1.29, 1.82) is 0 Å². The Labute approximate surface area is 66.1 Å². The van der Waals surface area contributed by atoms with E-state index in [1.165, 1.54) is 5.69 Å². The predicted octanol–water partition coefficient (Wildman–Crippen LogP) is 1.52. The highest BCUT2D eigenvalue weighted by atomic mass is 15.2. The second-order valence-corrected chi connectivity index (χ2v) is 2.48. The molecular formula is C9H10N2. The van der Waals surface area contributed by atoms with E-state index < -0.39 is 0 Å². The van der Waals surface area contributed by atoms with Gasteiger partial charge in [0.25, 0.3) is 0 Å². The maximum absolute atomic E-state index is 3.12. The van der Waals surface area contributed by atoms with Crippen molar-refractivity contribution in [2.45, 2.75) is 0 Å². The lowest BCUT2D eigenvalue weighted by Crippen LogP contribution is -2.19. The lowest BCUT2D eigenvalue weighted by Gasteiger charge is -2.13. The summed E-state index contributed by atoms with van der Waals surface area (Å²) in [7, 11) is 0. The molecule has 1 aromatic rings. The van der Waals surface area contributed by atoms with Crippen molar-refractivity contribution in [3.8, 4) is 0 Å². The van der Waals surface area contributed by atoms with Gasteiger partial charge >= 0.3 is 0 Å². The first-order valence-electron chi connectivity index (χ1n) is 3.68. The van der Waals surface area contributed by atoms with Crippen molar-refractivity contribution in [2.24, 2.45) is 0 Å². The first-order valence-corrected chi connectivity index (χ1v) is 3.68. The molecule has 1 N–H and O–H groups in total. The Hall–Kier alpha value is -1.44. The molecule has 1 aliphatic heterocycles. The average molecular weight is 146 g/mol. The molecule has 0 aliphatic carbocycles. The van der Waals surface area contributed by atoms with Gasteiger partial charge in [-0.05, 0) is 12.1 Å². The molecule has 0 aromatic heterocycles. The molecule has 0 amide bonds. The van der Waals surface area contributed by atoms with Crippen LogP contribution in [0.1, 0.15) is 0 Å². The number of para-hydroxylation sites is 1.